The Balaban J connectivity index is 2.09. The lowest BCUT2D eigenvalue weighted by atomic mass is 10.1. The van der Waals surface area contributed by atoms with Crippen LogP contribution in [0.4, 0.5) is 14.6 Å². The molecule has 0 saturated carbocycles. The molecular weight excluding hydrogens is 336 g/mol. The molecule has 2 aromatic rings. The Morgan fingerprint density at radius 2 is 2.12 bits per heavy atom. The van der Waals surface area contributed by atoms with Crippen LogP contribution in [0, 0.1) is 0 Å². The zero-order valence-electron chi connectivity index (χ0n) is 13.4. The molecule has 1 aromatic carbocycles. The van der Waals surface area contributed by atoms with Gasteiger partial charge in [0.1, 0.15) is 5.75 Å². The Labute approximate surface area is 141 Å². The van der Waals surface area contributed by atoms with Crippen molar-refractivity contribution in [3.05, 3.63) is 45.7 Å². The maximum Gasteiger partial charge on any atom is 0.387 e. The lowest BCUT2D eigenvalue weighted by Crippen LogP contribution is -2.13. The van der Waals surface area contributed by atoms with Gasteiger partial charge in [0.2, 0.25) is 0 Å². The minimum Gasteiger partial charge on any atom is -0.435 e. The third kappa shape index (κ3) is 3.10. The number of hydrogen-bond acceptors (Lipinski definition) is 4. The van der Waals surface area contributed by atoms with Crippen molar-refractivity contribution in [2.75, 3.05) is 0 Å². The van der Waals surface area contributed by atoms with Gasteiger partial charge in [-0.3, -0.25) is 14.6 Å². The van der Waals surface area contributed by atoms with E-state index < -0.39 is 6.61 Å². The van der Waals surface area contributed by atoms with Gasteiger partial charge >= 0.3 is 6.61 Å². The summed E-state index contributed by atoms with van der Waals surface area (Å²) in [5, 5.41) is 3.30. The molecule has 128 valence electrons. The van der Waals surface area contributed by atoms with Crippen LogP contribution >= 0.6 is 11.8 Å². The van der Waals surface area contributed by atoms with E-state index in [4.69, 9.17) is 0 Å². The van der Waals surface area contributed by atoms with E-state index in [1.807, 2.05) is 20.8 Å². The molecule has 1 N–H and O–H groups in total. The summed E-state index contributed by atoms with van der Waals surface area (Å²) in [6.07, 6.45) is 0. The molecule has 0 fully saturated rings. The number of aromatic nitrogens is 2. The van der Waals surface area contributed by atoms with Crippen molar-refractivity contribution in [2.45, 2.75) is 38.7 Å². The van der Waals surface area contributed by atoms with Gasteiger partial charge < -0.3 is 4.74 Å². The number of benzene rings is 1. The molecule has 0 amide bonds. The van der Waals surface area contributed by atoms with E-state index >= 15 is 0 Å². The molecular formula is C16H17F2N3O2S. The number of rotatable bonds is 4. The first-order chi connectivity index (χ1) is 11.4. The predicted octanol–water partition coefficient (Wildman–Crippen LogP) is 4.24. The number of aliphatic imine (C=N–C) groups is 1. The van der Waals surface area contributed by atoms with Crippen LogP contribution in [-0.2, 0) is 0 Å². The third-order valence-corrected chi connectivity index (χ3v) is 4.83. The second-order valence-corrected chi connectivity index (χ2v) is 7.02. The van der Waals surface area contributed by atoms with Gasteiger partial charge in [-0.15, -0.1) is 0 Å². The molecule has 1 aliphatic heterocycles. The molecule has 1 aliphatic rings. The molecule has 5 nitrogen and oxygen atoms in total. The lowest BCUT2D eigenvalue weighted by Gasteiger charge is -2.22. The zero-order valence-corrected chi connectivity index (χ0v) is 14.2. The first-order valence-corrected chi connectivity index (χ1v) is 8.36. The fourth-order valence-electron chi connectivity index (χ4n) is 2.67. The fourth-order valence-corrected chi connectivity index (χ4v) is 3.76. The van der Waals surface area contributed by atoms with E-state index in [9.17, 15) is 13.6 Å². The number of nitrogens with zero attached hydrogens (tertiary/aromatic N) is 2. The van der Waals surface area contributed by atoms with Crippen molar-refractivity contribution in [3.63, 3.8) is 0 Å². The largest absolute Gasteiger partial charge is 0.435 e. The Hall–Kier alpha value is -2.09. The number of hydrogen-bond donors (Lipinski definition) is 1. The number of halogens is 2. The standard InChI is InChI=1S/C16H17F2N3O2S/c1-8(2)21-14-12(15(22)20-21)13(24-9(3)19-14)10-5-4-6-11(7-10)23-16(17)18/h4-8,13,16H,1-3H3,(H,20,22). The molecule has 0 bridgehead atoms. The molecule has 0 aliphatic carbocycles. The van der Waals surface area contributed by atoms with Gasteiger partial charge in [0.25, 0.3) is 5.56 Å². The van der Waals surface area contributed by atoms with Crippen molar-refractivity contribution in [3.8, 4) is 5.75 Å². The minimum atomic E-state index is -2.89. The Morgan fingerprint density at radius 1 is 1.38 bits per heavy atom. The molecule has 0 spiro atoms. The van der Waals surface area contributed by atoms with Gasteiger partial charge in [-0.25, -0.2) is 4.99 Å². The van der Waals surface area contributed by atoms with Crippen molar-refractivity contribution in [1.29, 1.82) is 0 Å². The summed E-state index contributed by atoms with van der Waals surface area (Å²) in [5.74, 6) is 0.668. The van der Waals surface area contributed by atoms with Gasteiger partial charge in [0.05, 0.1) is 15.9 Å². The molecule has 1 aromatic heterocycles. The van der Waals surface area contributed by atoms with Crippen LogP contribution in [0.25, 0.3) is 0 Å². The molecule has 24 heavy (non-hydrogen) atoms. The summed E-state index contributed by atoms with van der Waals surface area (Å²) in [5.41, 5.74) is 1.04. The second kappa shape index (κ2) is 6.43. The van der Waals surface area contributed by atoms with Gasteiger partial charge in [-0.2, -0.15) is 8.78 Å². The van der Waals surface area contributed by atoms with Gasteiger partial charge in [0.15, 0.2) is 5.82 Å². The summed E-state index contributed by atoms with van der Waals surface area (Å²) in [6, 6.07) is 6.50. The average Bonchev–Trinajstić information content (AvgIpc) is 2.83. The molecule has 8 heteroatoms. The summed E-state index contributed by atoms with van der Waals surface area (Å²) < 4.78 is 31.1. The van der Waals surface area contributed by atoms with Crippen molar-refractivity contribution < 1.29 is 13.5 Å². The number of nitrogens with one attached hydrogen (secondary N) is 1. The third-order valence-electron chi connectivity index (χ3n) is 3.65. The SMILES string of the molecule is CC1=Nc2c(c(=O)[nH]n2C(C)C)C(c2cccc(OC(F)F)c2)S1. The molecule has 3 rings (SSSR count). The summed E-state index contributed by atoms with van der Waals surface area (Å²) in [4.78, 5) is 16.9. The summed E-state index contributed by atoms with van der Waals surface area (Å²) >= 11 is 1.42. The lowest BCUT2D eigenvalue weighted by molar-refractivity contribution is -0.0498. The zero-order chi connectivity index (χ0) is 17.4. The highest BCUT2D eigenvalue weighted by molar-refractivity contribution is 8.14. The highest BCUT2D eigenvalue weighted by atomic mass is 32.2. The first-order valence-electron chi connectivity index (χ1n) is 7.48. The van der Waals surface area contributed by atoms with Crippen LogP contribution in [0.15, 0.2) is 34.1 Å². The molecule has 0 radical (unpaired) electrons. The Kier molecular flexibility index (Phi) is 4.49. The second-order valence-electron chi connectivity index (χ2n) is 5.72. The van der Waals surface area contributed by atoms with Crippen LogP contribution in [0.5, 0.6) is 5.75 Å². The van der Waals surface area contributed by atoms with Crippen LogP contribution < -0.4 is 10.3 Å². The van der Waals surface area contributed by atoms with Crippen LogP contribution in [0.3, 0.4) is 0 Å². The predicted molar refractivity (Wildman–Crippen MR) is 90.7 cm³/mol. The van der Waals surface area contributed by atoms with Crippen LogP contribution in [0.2, 0.25) is 0 Å². The van der Waals surface area contributed by atoms with E-state index in [1.165, 1.54) is 17.8 Å². The average molecular weight is 353 g/mol. The number of H-pyrrole nitrogens is 1. The van der Waals surface area contributed by atoms with E-state index in [-0.39, 0.29) is 22.6 Å². The normalized spacial score (nSPS) is 17.1. The number of fused-ring (bicyclic) bond motifs is 1. The number of thioether (sulfide) groups is 1. The molecule has 0 saturated heterocycles. The van der Waals surface area contributed by atoms with E-state index in [0.29, 0.717) is 11.4 Å². The number of aromatic amines is 1. The highest BCUT2D eigenvalue weighted by Gasteiger charge is 2.30. The smallest absolute Gasteiger partial charge is 0.387 e. The summed E-state index contributed by atoms with van der Waals surface area (Å²) in [7, 11) is 0. The maximum atomic E-state index is 12.4. The first kappa shape index (κ1) is 16.8. The van der Waals surface area contributed by atoms with Gasteiger partial charge in [-0.05, 0) is 38.5 Å². The van der Waals surface area contributed by atoms with E-state index in [1.54, 1.807) is 22.9 Å². The Morgan fingerprint density at radius 3 is 2.79 bits per heavy atom. The van der Waals surface area contributed by atoms with E-state index in [2.05, 4.69) is 14.8 Å². The molecule has 1 atom stereocenters. The molecule has 1 unspecified atom stereocenters. The monoisotopic (exact) mass is 353 g/mol. The van der Waals surface area contributed by atoms with Crippen LogP contribution in [-0.4, -0.2) is 21.4 Å². The van der Waals surface area contributed by atoms with E-state index in [0.717, 1.165) is 10.6 Å². The molecule has 2 heterocycles. The minimum absolute atomic E-state index is 0.0512. The quantitative estimate of drug-likeness (QED) is 0.894. The number of alkyl halides is 2. The van der Waals surface area contributed by atoms with Crippen molar-refractivity contribution in [2.24, 2.45) is 4.99 Å². The number of ether oxygens (including phenoxy) is 1. The van der Waals surface area contributed by atoms with Crippen molar-refractivity contribution >= 4 is 22.6 Å². The topological polar surface area (TPSA) is 59.4 Å². The van der Waals surface area contributed by atoms with Crippen molar-refractivity contribution in [1.82, 2.24) is 9.78 Å². The van der Waals surface area contributed by atoms with Gasteiger partial charge in [0, 0.05) is 6.04 Å². The fraction of sp³-hybridized carbons (Fsp3) is 0.375. The van der Waals surface area contributed by atoms with Crippen LogP contribution in [0.1, 0.15) is 43.2 Å². The van der Waals surface area contributed by atoms with Gasteiger partial charge in [-0.1, -0.05) is 23.9 Å². The summed E-state index contributed by atoms with van der Waals surface area (Å²) in [6.45, 7) is 2.88. The Bertz CT molecular complexity index is 842. The highest BCUT2D eigenvalue weighted by Crippen LogP contribution is 2.44. The maximum absolute atomic E-state index is 12.4.